The Labute approximate surface area is 143 Å². The number of nitrogens with zero attached hydrogens (tertiary/aromatic N) is 2. The molecule has 0 bridgehead atoms. The molecule has 1 aromatic heterocycles. The number of carbonyl (C=O) groups excluding carboxylic acids is 1. The molecule has 0 fully saturated rings. The summed E-state index contributed by atoms with van der Waals surface area (Å²) >= 11 is 0. The Kier molecular flexibility index (Phi) is 4.56. The number of aromatic nitrogens is 2. The van der Waals surface area contributed by atoms with Gasteiger partial charge in [0.2, 0.25) is 5.82 Å². The molecule has 0 amide bonds. The molecule has 3 rings (SSSR count). The number of carboxylic acids is 1. The van der Waals surface area contributed by atoms with Crippen LogP contribution in [-0.4, -0.2) is 33.6 Å². The molecule has 7 heteroatoms. The number of para-hydroxylation sites is 2. The molecule has 0 saturated heterocycles. The summed E-state index contributed by atoms with van der Waals surface area (Å²) in [6.07, 6.45) is 0. The fourth-order valence-corrected chi connectivity index (χ4v) is 2.36. The average molecular weight is 337 g/mol. The van der Waals surface area contributed by atoms with E-state index in [1.807, 2.05) is 6.07 Å². The summed E-state index contributed by atoms with van der Waals surface area (Å²) in [4.78, 5) is 31.8. The minimum atomic E-state index is -1.06. The van der Waals surface area contributed by atoms with Crippen molar-refractivity contribution in [3.05, 3.63) is 59.9 Å². The predicted octanol–water partition coefficient (Wildman–Crippen LogP) is 3.25. The molecule has 2 N–H and O–H groups in total. The molecule has 1 heterocycles. The third-order valence-electron chi connectivity index (χ3n) is 3.47. The number of anilines is 2. The summed E-state index contributed by atoms with van der Waals surface area (Å²) in [5.41, 5.74) is 1.02. The molecular weight excluding hydrogens is 322 g/mol. The zero-order valence-electron chi connectivity index (χ0n) is 13.4. The Morgan fingerprint density at radius 3 is 2.56 bits per heavy atom. The quantitative estimate of drug-likeness (QED) is 0.689. The number of hydrogen-bond acceptors (Lipinski definition) is 6. The van der Waals surface area contributed by atoms with E-state index in [-0.39, 0.29) is 18.0 Å². The minimum absolute atomic E-state index is 0.0872. The van der Waals surface area contributed by atoms with Gasteiger partial charge in [-0.1, -0.05) is 24.3 Å². The molecule has 0 aliphatic carbocycles. The third-order valence-corrected chi connectivity index (χ3v) is 3.47. The van der Waals surface area contributed by atoms with Crippen LogP contribution >= 0.6 is 0 Å². The fraction of sp³-hybridized carbons (Fsp3) is 0.111. The second-order valence-corrected chi connectivity index (χ2v) is 5.11. The molecule has 25 heavy (non-hydrogen) atoms. The molecule has 0 atom stereocenters. The van der Waals surface area contributed by atoms with Crippen LogP contribution in [0.25, 0.3) is 10.9 Å². The van der Waals surface area contributed by atoms with Gasteiger partial charge in [-0.05, 0) is 31.2 Å². The highest BCUT2D eigenvalue weighted by atomic mass is 16.5. The summed E-state index contributed by atoms with van der Waals surface area (Å²) < 4.78 is 4.96. The van der Waals surface area contributed by atoms with Gasteiger partial charge in [0.05, 0.1) is 23.4 Å². The lowest BCUT2D eigenvalue weighted by Crippen LogP contribution is -2.12. The molecule has 0 aliphatic rings. The molecule has 0 spiro atoms. The molecular formula is C18H15N3O4. The molecule has 0 radical (unpaired) electrons. The molecule has 0 aliphatic heterocycles. The lowest BCUT2D eigenvalue weighted by atomic mass is 10.1. The van der Waals surface area contributed by atoms with Crippen LogP contribution in [0.1, 0.15) is 27.9 Å². The average Bonchev–Trinajstić information content (AvgIpc) is 2.62. The topological polar surface area (TPSA) is 101 Å². The largest absolute Gasteiger partial charge is 0.478 e. The lowest BCUT2D eigenvalue weighted by molar-refractivity contribution is 0.0512. The van der Waals surface area contributed by atoms with Crippen LogP contribution in [0.5, 0.6) is 0 Å². The first-order valence-electron chi connectivity index (χ1n) is 7.63. The van der Waals surface area contributed by atoms with Gasteiger partial charge >= 0.3 is 11.9 Å². The van der Waals surface area contributed by atoms with Crippen LogP contribution in [0.4, 0.5) is 11.5 Å². The van der Waals surface area contributed by atoms with E-state index in [2.05, 4.69) is 15.3 Å². The van der Waals surface area contributed by atoms with Crippen molar-refractivity contribution in [3.8, 4) is 0 Å². The predicted molar refractivity (Wildman–Crippen MR) is 92.2 cm³/mol. The first-order valence-corrected chi connectivity index (χ1v) is 7.63. The highest BCUT2D eigenvalue weighted by molar-refractivity contribution is 5.99. The van der Waals surface area contributed by atoms with Crippen molar-refractivity contribution in [2.24, 2.45) is 0 Å². The number of esters is 1. The van der Waals surface area contributed by atoms with Gasteiger partial charge in [0.1, 0.15) is 5.82 Å². The third kappa shape index (κ3) is 3.40. The highest BCUT2D eigenvalue weighted by Crippen LogP contribution is 2.26. The number of fused-ring (bicyclic) bond motifs is 1. The first kappa shape index (κ1) is 16.4. The van der Waals surface area contributed by atoms with E-state index >= 15 is 0 Å². The standard InChI is InChI=1S/C18H15N3O4/c1-2-25-18(24)16-20-13-9-5-3-7-11(13)15(21-16)19-14-10-6-4-8-12(14)17(22)23/h3-10H,2H2,1H3,(H,22,23)(H,19,20,21). The van der Waals surface area contributed by atoms with Crippen LogP contribution in [0.2, 0.25) is 0 Å². The Hall–Kier alpha value is -3.48. The van der Waals surface area contributed by atoms with Crippen molar-refractivity contribution < 1.29 is 19.4 Å². The van der Waals surface area contributed by atoms with E-state index in [9.17, 15) is 14.7 Å². The van der Waals surface area contributed by atoms with E-state index < -0.39 is 11.9 Å². The molecule has 7 nitrogen and oxygen atoms in total. The number of carboxylic acid groups (broad SMARTS) is 1. The van der Waals surface area contributed by atoms with Gasteiger partial charge in [-0.3, -0.25) is 0 Å². The van der Waals surface area contributed by atoms with E-state index in [1.54, 1.807) is 43.3 Å². The van der Waals surface area contributed by atoms with E-state index in [1.165, 1.54) is 6.07 Å². The van der Waals surface area contributed by atoms with E-state index in [0.29, 0.717) is 22.4 Å². The van der Waals surface area contributed by atoms with Crippen LogP contribution < -0.4 is 5.32 Å². The van der Waals surface area contributed by atoms with Crippen LogP contribution in [0.15, 0.2) is 48.5 Å². The van der Waals surface area contributed by atoms with E-state index in [4.69, 9.17) is 4.74 Å². The highest BCUT2D eigenvalue weighted by Gasteiger charge is 2.16. The number of hydrogen-bond donors (Lipinski definition) is 2. The lowest BCUT2D eigenvalue weighted by Gasteiger charge is -2.12. The van der Waals surface area contributed by atoms with Crippen molar-refractivity contribution in [2.45, 2.75) is 6.92 Å². The van der Waals surface area contributed by atoms with Gasteiger partial charge in [-0.25, -0.2) is 19.6 Å². The summed E-state index contributed by atoms with van der Waals surface area (Å²) in [5.74, 6) is -1.45. The number of nitrogens with one attached hydrogen (secondary N) is 1. The maximum absolute atomic E-state index is 12.0. The Morgan fingerprint density at radius 1 is 1.08 bits per heavy atom. The van der Waals surface area contributed by atoms with Crippen molar-refractivity contribution in [1.82, 2.24) is 9.97 Å². The fourth-order valence-electron chi connectivity index (χ4n) is 2.36. The van der Waals surface area contributed by atoms with Gasteiger partial charge in [0.25, 0.3) is 0 Å². The van der Waals surface area contributed by atoms with Crippen molar-refractivity contribution in [3.63, 3.8) is 0 Å². The van der Waals surface area contributed by atoms with E-state index in [0.717, 1.165) is 0 Å². The molecule has 2 aromatic carbocycles. The molecule has 3 aromatic rings. The van der Waals surface area contributed by atoms with Crippen molar-refractivity contribution >= 4 is 34.3 Å². The second-order valence-electron chi connectivity index (χ2n) is 5.11. The molecule has 0 unspecified atom stereocenters. The van der Waals surface area contributed by atoms with Gasteiger partial charge in [0, 0.05) is 5.39 Å². The molecule has 0 saturated carbocycles. The van der Waals surface area contributed by atoms with Crippen LogP contribution in [0.3, 0.4) is 0 Å². The number of ether oxygens (including phenoxy) is 1. The smallest absolute Gasteiger partial charge is 0.376 e. The molecule has 126 valence electrons. The summed E-state index contributed by atoms with van der Waals surface area (Å²) in [7, 11) is 0. The number of aromatic carboxylic acids is 1. The maximum atomic E-state index is 12.0. The number of rotatable bonds is 5. The zero-order chi connectivity index (χ0) is 17.8. The van der Waals surface area contributed by atoms with Crippen LogP contribution in [0, 0.1) is 0 Å². The zero-order valence-corrected chi connectivity index (χ0v) is 13.4. The van der Waals surface area contributed by atoms with Crippen molar-refractivity contribution in [1.29, 1.82) is 0 Å². The van der Waals surface area contributed by atoms with Gasteiger partial charge in [0.15, 0.2) is 0 Å². The summed E-state index contributed by atoms with van der Waals surface area (Å²) in [5, 5.41) is 13.0. The Bertz CT molecular complexity index is 956. The Morgan fingerprint density at radius 2 is 1.80 bits per heavy atom. The summed E-state index contributed by atoms with van der Waals surface area (Å²) in [6.45, 7) is 1.90. The first-order chi connectivity index (χ1) is 12.1. The number of carbonyl (C=O) groups is 2. The SMILES string of the molecule is CCOC(=O)c1nc(Nc2ccccc2C(=O)O)c2ccccc2n1. The minimum Gasteiger partial charge on any atom is -0.478 e. The van der Waals surface area contributed by atoms with Gasteiger partial charge < -0.3 is 15.2 Å². The van der Waals surface area contributed by atoms with Gasteiger partial charge in [-0.2, -0.15) is 0 Å². The monoisotopic (exact) mass is 337 g/mol. The normalized spacial score (nSPS) is 10.4. The number of benzene rings is 2. The maximum Gasteiger partial charge on any atom is 0.376 e. The van der Waals surface area contributed by atoms with Crippen molar-refractivity contribution in [2.75, 3.05) is 11.9 Å². The second kappa shape index (κ2) is 6.96. The Balaban J connectivity index is 2.12. The van der Waals surface area contributed by atoms with Gasteiger partial charge in [-0.15, -0.1) is 0 Å². The summed E-state index contributed by atoms with van der Waals surface area (Å²) in [6, 6.07) is 13.6. The van der Waals surface area contributed by atoms with Crippen LogP contribution in [-0.2, 0) is 4.74 Å².